The predicted molar refractivity (Wildman–Crippen MR) is 81.8 cm³/mol. The van der Waals surface area contributed by atoms with E-state index >= 15 is 0 Å². The van der Waals surface area contributed by atoms with Gasteiger partial charge in [-0.2, -0.15) is 0 Å². The first-order valence-electron chi connectivity index (χ1n) is 7.68. The fourth-order valence-corrected chi connectivity index (χ4v) is 2.68. The summed E-state index contributed by atoms with van der Waals surface area (Å²) in [6.07, 6.45) is -0.0944. The predicted octanol–water partition coefficient (Wildman–Crippen LogP) is 3.75. The van der Waals surface area contributed by atoms with E-state index in [-0.39, 0.29) is 31.0 Å². The molecule has 6 nitrogen and oxygen atoms in total. The molecule has 3 unspecified atom stereocenters. The van der Waals surface area contributed by atoms with Crippen molar-refractivity contribution in [2.24, 2.45) is 17.0 Å². The van der Waals surface area contributed by atoms with Crippen LogP contribution in [0.1, 0.15) is 25.8 Å². The molecule has 1 aromatic rings. The summed E-state index contributed by atoms with van der Waals surface area (Å²) in [7, 11) is 0. The van der Waals surface area contributed by atoms with E-state index in [1.165, 1.54) is 0 Å². The van der Waals surface area contributed by atoms with Crippen molar-refractivity contribution >= 4 is 5.97 Å². The average Bonchev–Trinajstić information content (AvgIpc) is 2.87. The Labute approximate surface area is 138 Å². The van der Waals surface area contributed by atoms with Gasteiger partial charge in [0.05, 0.1) is 25.2 Å². The lowest BCUT2D eigenvalue weighted by Gasteiger charge is -2.18. The third kappa shape index (κ3) is 4.66. The number of nitrogens with zero attached hydrogens (tertiary/aromatic N) is 3. The van der Waals surface area contributed by atoms with E-state index in [0.717, 1.165) is 18.2 Å². The van der Waals surface area contributed by atoms with Crippen molar-refractivity contribution in [2.75, 3.05) is 6.61 Å². The lowest BCUT2D eigenvalue weighted by molar-refractivity contribution is -0.146. The Bertz CT molecular complexity index is 627. The summed E-state index contributed by atoms with van der Waals surface area (Å²) in [4.78, 5) is 14.6. The van der Waals surface area contributed by atoms with E-state index in [4.69, 9.17) is 15.0 Å². The Morgan fingerprint density at radius 3 is 2.58 bits per heavy atom. The number of rotatable bonds is 7. The number of cyclic esters (lactones) is 1. The number of carbonyl (C=O) groups excluding carboxylic acids is 1. The first-order chi connectivity index (χ1) is 11.4. The van der Waals surface area contributed by atoms with E-state index in [0.29, 0.717) is 12.0 Å². The minimum Gasteiger partial charge on any atom is -0.462 e. The molecule has 2 rings (SSSR count). The van der Waals surface area contributed by atoms with Crippen molar-refractivity contribution in [3.63, 3.8) is 0 Å². The average molecular weight is 339 g/mol. The molecule has 0 spiro atoms. The lowest BCUT2D eigenvalue weighted by atomic mass is 9.91. The number of azide groups is 1. The molecule has 0 aliphatic carbocycles. The fraction of sp³-hybridized carbons (Fsp3) is 0.562. The van der Waals surface area contributed by atoms with Gasteiger partial charge in [-0.05, 0) is 35.6 Å². The first-order valence-corrected chi connectivity index (χ1v) is 7.68. The molecule has 1 heterocycles. The normalized spacial score (nSPS) is 21.5. The van der Waals surface area contributed by atoms with Crippen LogP contribution in [0.3, 0.4) is 0 Å². The van der Waals surface area contributed by atoms with Crippen LogP contribution in [0.2, 0.25) is 0 Å². The number of carbonyl (C=O) groups is 1. The van der Waals surface area contributed by atoms with Gasteiger partial charge in [0.25, 0.3) is 0 Å². The molecule has 0 aromatic heterocycles. The third-order valence-corrected chi connectivity index (χ3v) is 3.97. The van der Waals surface area contributed by atoms with Crippen molar-refractivity contribution in [1.29, 1.82) is 0 Å². The molecule has 0 N–H and O–H groups in total. The number of benzene rings is 1. The first kappa shape index (κ1) is 18.2. The highest BCUT2D eigenvalue weighted by molar-refractivity contribution is 5.75. The molecule has 1 aliphatic heterocycles. The quantitative estimate of drug-likeness (QED) is 0.328. The zero-order valence-corrected chi connectivity index (χ0v) is 13.5. The third-order valence-electron chi connectivity index (χ3n) is 3.97. The molecular formula is C16H19F2N3O3. The molecule has 1 aliphatic rings. The molecule has 0 amide bonds. The fourth-order valence-electron chi connectivity index (χ4n) is 2.68. The van der Waals surface area contributed by atoms with Crippen LogP contribution >= 0.6 is 0 Å². The Hall–Kier alpha value is -2.18. The topological polar surface area (TPSA) is 84.3 Å². The number of halogens is 2. The maximum absolute atomic E-state index is 13.1. The van der Waals surface area contributed by atoms with E-state index in [1.54, 1.807) is 0 Å². The minimum atomic E-state index is -0.690. The summed E-state index contributed by atoms with van der Waals surface area (Å²) in [6.45, 7) is 3.79. The molecule has 1 fully saturated rings. The molecule has 24 heavy (non-hydrogen) atoms. The van der Waals surface area contributed by atoms with Gasteiger partial charge in [0.15, 0.2) is 0 Å². The van der Waals surface area contributed by atoms with Gasteiger partial charge in [0.2, 0.25) is 0 Å². The van der Waals surface area contributed by atoms with Crippen LogP contribution in [0.15, 0.2) is 23.3 Å². The lowest BCUT2D eigenvalue weighted by Crippen LogP contribution is -2.28. The Kier molecular flexibility index (Phi) is 6.11. The number of hydrogen-bond acceptors (Lipinski definition) is 4. The van der Waals surface area contributed by atoms with Crippen LogP contribution < -0.4 is 0 Å². The summed E-state index contributed by atoms with van der Waals surface area (Å²) < 4.78 is 36.9. The second kappa shape index (κ2) is 8.08. The van der Waals surface area contributed by atoms with Gasteiger partial charge in [-0.25, -0.2) is 8.78 Å². The smallest absolute Gasteiger partial charge is 0.309 e. The van der Waals surface area contributed by atoms with Gasteiger partial charge in [0.1, 0.15) is 17.7 Å². The summed E-state index contributed by atoms with van der Waals surface area (Å²) >= 11 is 0. The highest BCUT2D eigenvalue weighted by Crippen LogP contribution is 2.30. The second-order valence-electron chi connectivity index (χ2n) is 6.13. The van der Waals surface area contributed by atoms with Crippen LogP contribution in [0.25, 0.3) is 10.4 Å². The molecule has 130 valence electrons. The molecule has 0 saturated carbocycles. The zero-order chi connectivity index (χ0) is 17.7. The largest absolute Gasteiger partial charge is 0.462 e. The maximum Gasteiger partial charge on any atom is 0.309 e. The molecule has 1 aromatic carbocycles. The van der Waals surface area contributed by atoms with Crippen molar-refractivity contribution in [2.45, 2.75) is 39.0 Å². The SMILES string of the molecule is CC(C)C1CC(C(COCc2cc(F)cc(F)c2)N=[N+]=[N-])OC1=O. The van der Waals surface area contributed by atoms with Gasteiger partial charge in [-0.3, -0.25) is 4.79 Å². The van der Waals surface area contributed by atoms with E-state index in [9.17, 15) is 13.6 Å². The standard InChI is InChI=1S/C16H19F2N3O3/c1-9(2)13-6-15(24-16(13)22)14(20-21-19)8-23-7-10-3-11(17)5-12(18)4-10/h3-5,9,13-15H,6-8H2,1-2H3. The van der Waals surface area contributed by atoms with Gasteiger partial charge in [0, 0.05) is 11.0 Å². The van der Waals surface area contributed by atoms with Gasteiger partial charge >= 0.3 is 5.97 Å². The highest BCUT2D eigenvalue weighted by Gasteiger charge is 2.40. The molecule has 0 radical (unpaired) electrons. The maximum atomic E-state index is 13.1. The second-order valence-corrected chi connectivity index (χ2v) is 6.13. The Morgan fingerprint density at radius 2 is 2.04 bits per heavy atom. The van der Waals surface area contributed by atoms with Gasteiger partial charge in [-0.15, -0.1) is 0 Å². The minimum absolute atomic E-state index is 0.00897. The summed E-state index contributed by atoms with van der Waals surface area (Å²) in [5.74, 6) is -1.79. The monoisotopic (exact) mass is 339 g/mol. The van der Waals surface area contributed by atoms with Crippen LogP contribution in [-0.2, 0) is 20.9 Å². The Balaban J connectivity index is 1.94. The molecule has 1 saturated heterocycles. The van der Waals surface area contributed by atoms with Crippen LogP contribution in [0.4, 0.5) is 8.78 Å². The molecule has 8 heteroatoms. The van der Waals surface area contributed by atoms with E-state index in [2.05, 4.69) is 10.0 Å². The number of hydrogen-bond donors (Lipinski definition) is 0. The number of esters is 1. The van der Waals surface area contributed by atoms with Crippen LogP contribution in [-0.4, -0.2) is 24.7 Å². The van der Waals surface area contributed by atoms with Crippen LogP contribution in [0.5, 0.6) is 0 Å². The summed E-state index contributed by atoms with van der Waals surface area (Å²) in [5, 5.41) is 3.63. The van der Waals surface area contributed by atoms with Crippen molar-refractivity contribution in [3.8, 4) is 0 Å². The number of ether oxygens (including phenoxy) is 2. The highest BCUT2D eigenvalue weighted by atomic mass is 19.1. The van der Waals surface area contributed by atoms with Gasteiger partial charge < -0.3 is 9.47 Å². The summed E-state index contributed by atoms with van der Waals surface area (Å²) in [5.41, 5.74) is 9.02. The van der Waals surface area contributed by atoms with E-state index in [1.807, 2.05) is 13.8 Å². The van der Waals surface area contributed by atoms with E-state index < -0.39 is 23.8 Å². The van der Waals surface area contributed by atoms with Crippen molar-refractivity contribution < 1.29 is 23.0 Å². The van der Waals surface area contributed by atoms with Crippen molar-refractivity contribution in [1.82, 2.24) is 0 Å². The van der Waals surface area contributed by atoms with Gasteiger partial charge in [-0.1, -0.05) is 19.0 Å². The molecular weight excluding hydrogens is 320 g/mol. The van der Waals surface area contributed by atoms with Crippen molar-refractivity contribution in [3.05, 3.63) is 45.8 Å². The molecule has 3 atom stereocenters. The van der Waals surface area contributed by atoms with Crippen LogP contribution in [0, 0.1) is 23.5 Å². The zero-order valence-electron chi connectivity index (χ0n) is 13.5. The Morgan fingerprint density at radius 1 is 1.38 bits per heavy atom. The summed E-state index contributed by atoms with van der Waals surface area (Å²) in [6, 6.07) is 2.42. The molecule has 0 bridgehead atoms.